The van der Waals surface area contributed by atoms with E-state index in [1.807, 2.05) is 19.1 Å². The minimum Gasteiger partial charge on any atom is -0.495 e. The first-order valence-electron chi connectivity index (χ1n) is 4.33. The van der Waals surface area contributed by atoms with Gasteiger partial charge in [0.25, 0.3) is 0 Å². The maximum atomic E-state index is 5.99. The maximum Gasteiger partial charge on any atom is 0.142 e. The minimum atomic E-state index is 0.550. The number of methoxy groups -OCH3 is 1. The molecule has 0 spiro atoms. The van der Waals surface area contributed by atoms with Crippen molar-refractivity contribution in [2.24, 2.45) is 0 Å². The summed E-state index contributed by atoms with van der Waals surface area (Å²) in [5.41, 5.74) is 1.88. The smallest absolute Gasteiger partial charge is 0.142 e. The Kier molecular flexibility index (Phi) is 4.36. The van der Waals surface area contributed by atoms with Crippen LogP contribution in [0.3, 0.4) is 0 Å². The molecule has 0 aliphatic heterocycles. The Morgan fingerprint density at radius 3 is 2.71 bits per heavy atom. The Morgan fingerprint density at radius 2 is 2.14 bits per heavy atom. The van der Waals surface area contributed by atoms with E-state index < -0.39 is 0 Å². The topological polar surface area (TPSA) is 21.3 Å². The van der Waals surface area contributed by atoms with Crippen molar-refractivity contribution in [2.45, 2.75) is 6.92 Å². The first-order valence-corrected chi connectivity index (χ1v) is 5.24. The SMILES string of the molecule is COc1cc(C)c(Cl)cc1NCCCl. The molecule has 0 bridgehead atoms. The summed E-state index contributed by atoms with van der Waals surface area (Å²) in [6.07, 6.45) is 0. The largest absolute Gasteiger partial charge is 0.495 e. The molecule has 0 aliphatic carbocycles. The summed E-state index contributed by atoms with van der Waals surface area (Å²) in [7, 11) is 1.63. The monoisotopic (exact) mass is 233 g/mol. The second kappa shape index (κ2) is 5.32. The van der Waals surface area contributed by atoms with Crippen LogP contribution in [0.2, 0.25) is 5.02 Å². The number of anilines is 1. The van der Waals surface area contributed by atoms with Gasteiger partial charge in [0, 0.05) is 17.4 Å². The molecule has 0 saturated carbocycles. The van der Waals surface area contributed by atoms with Crippen LogP contribution in [0.5, 0.6) is 5.75 Å². The summed E-state index contributed by atoms with van der Waals surface area (Å²) >= 11 is 11.6. The first kappa shape index (κ1) is 11.5. The third-order valence-electron chi connectivity index (χ3n) is 1.89. The number of ether oxygens (including phenoxy) is 1. The number of alkyl halides is 1. The molecule has 0 atom stereocenters. The van der Waals surface area contributed by atoms with Gasteiger partial charge in [0.15, 0.2) is 0 Å². The number of aryl methyl sites for hydroxylation is 1. The summed E-state index contributed by atoms with van der Waals surface area (Å²) in [4.78, 5) is 0. The van der Waals surface area contributed by atoms with E-state index in [4.69, 9.17) is 27.9 Å². The van der Waals surface area contributed by atoms with E-state index in [1.165, 1.54) is 0 Å². The molecule has 1 aromatic rings. The van der Waals surface area contributed by atoms with Gasteiger partial charge in [-0.25, -0.2) is 0 Å². The van der Waals surface area contributed by atoms with Crippen LogP contribution in [-0.2, 0) is 0 Å². The normalized spacial score (nSPS) is 10.0. The summed E-state index contributed by atoms with van der Waals surface area (Å²) in [6.45, 7) is 2.63. The maximum absolute atomic E-state index is 5.99. The van der Waals surface area contributed by atoms with Crippen molar-refractivity contribution in [1.29, 1.82) is 0 Å². The second-order valence-corrected chi connectivity index (χ2v) is 3.70. The highest BCUT2D eigenvalue weighted by Crippen LogP contribution is 2.30. The van der Waals surface area contributed by atoms with Crippen molar-refractivity contribution in [2.75, 3.05) is 24.9 Å². The molecule has 0 heterocycles. The fourth-order valence-corrected chi connectivity index (χ4v) is 1.40. The highest BCUT2D eigenvalue weighted by atomic mass is 35.5. The molecule has 0 radical (unpaired) electrons. The molecule has 1 aromatic carbocycles. The van der Waals surface area contributed by atoms with Crippen molar-refractivity contribution in [1.82, 2.24) is 0 Å². The van der Waals surface area contributed by atoms with Crippen molar-refractivity contribution in [3.63, 3.8) is 0 Å². The highest BCUT2D eigenvalue weighted by molar-refractivity contribution is 6.31. The van der Waals surface area contributed by atoms with Gasteiger partial charge in [0.1, 0.15) is 5.75 Å². The zero-order chi connectivity index (χ0) is 10.6. The van der Waals surface area contributed by atoms with Crippen LogP contribution in [0, 0.1) is 6.92 Å². The molecule has 2 nitrogen and oxygen atoms in total. The van der Waals surface area contributed by atoms with Gasteiger partial charge in [-0.1, -0.05) is 11.6 Å². The molecular formula is C10H13Cl2NO. The molecule has 0 unspecified atom stereocenters. The molecule has 1 rings (SSSR count). The molecule has 0 fully saturated rings. The van der Waals surface area contributed by atoms with Crippen molar-refractivity contribution < 1.29 is 4.74 Å². The molecule has 1 N–H and O–H groups in total. The predicted molar refractivity (Wildman–Crippen MR) is 62.0 cm³/mol. The summed E-state index contributed by atoms with van der Waals surface area (Å²) in [6, 6.07) is 3.75. The lowest BCUT2D eigenvalue weighted by Crippen LogP contribution is -2.04. The Morgan fingerprint density at radius 1 is 1.43 bits per heavy atom. The Hall–Kier alpha value is -0.600. The molecular weight excluding hydrogens is 221 g/mol. The average molecular weight is 234 g/mol. The zero-order valence-corrected chi connectivity index (χ0v) is 9.74. The van der Waals surface area contributed by atoms with Gasteiger partial charge in [-0.05, 0) is 24.6 Å². The third kappa shape index (κ3) is 2.69. The number of hydrogen-bond donors (Lipinski definition) is 1. The zero-order valence-electron chi connectivity index (χ0n) is 8.23. The van der Waals surface area contributed by atoms with E-state index in [0.29, 0.717) is 12.4 Å². The van der Waals surface area contributed by atoms with Gasteiger partial charge in [-0.2, -0.15) is 0 Å². The van der Waals surface area contributed by atoms with E-state index >= 15 is 0 Å². The third-order valence-corrected chi connectivity index (χ3v) is 2.49. The van der Waals surface area contributed by atoms with E-state index in [1.54, 1.807) is 7.11 Å². The number of nitrogens with one attached hydrogen (secondary N) is 1. The van der Waals surface area contributed by atoms with Gasteiger partial charge in [0.05, 0.1) is 12.8 Å². The quantitative estimate of drug-likeness (QED) is 0.807. The van der Waals surface area contributed by atoms with E-state index in [2.05, 4.69) is 5.32 Å². The molecule has 0 saturated heterocycles. The van der Waals surface area contributed by atoms with Crippen LogP contribution in [0.25, 0.3) is 0 Å². The van der Waals surface area contributed by atoms with Crippen LogP contribution in [-0.4, -0.2) is 19.5 Å². The van der Waals surface area contributed by atoms with Crippen LogP contribution >= 0.6 is 23.2 Å². The van der Waals surface area contributed by atoms with Crippen molar-refractivity contribution in [3.8, 4) is 5.75 Å². The van der Waals surface area contributed by atoms with Gasteiger partial charge in [-0.3, -0.25) is 0 Å². The van der Waals surface area contributed by atoms with Gasteiger partial charge in [0.2, 0.25) is 0 Å². The fourth-order valence-electron chi connectivity index (χ4n) is 1.14. The number of rotatable bonds is 4. The Labute approximate surface area is 94.2 Å². The molecule has 14 heavy (non-hydrogen) atoms. The lowest BCUT2D eigenvalue weighted by molar-refractivity contribution is 0.416. The average Bonchev–Trinajstić information content (AvgIpc) is 2.19. The van der Waals surface area contributed by atoms with Crippen LogP contribution in [0.4, 0.5) is 5.69 Å². The van der Waals surface area contributed by atoms with Crippen molar-refractivity contribution in [3.05, 3.63) is 22.7 Å². The minimum absolute atomic E-state index is 0.550. The first-order chi connectivity index (χ1) is 6.69. The molecule has 0 amide bonds. The summed E-state index contributed by atoms with van der Waals surface area (Å²) < 4.78 is 5.21. The summed E-state index contributed by atoms with van der Waals surface area (Å²) in [5, 5.41) is 3.87. The van der Waals surface area contributed by atoms with E-state index in [-0.39, 0.29) is 0 Å². The van der Waals surface area contributed by atoms with E-state index in [0.717, 1.165) is 22.0 Å². The molecule has 4 heteroatoms. The standard InChI is InChI=1S/C10H13Cl2NO/c1-7-5-10(14-2)9(6-8(7)12)13-4-3-11/h5-6,13H,3-4H2,1-2H3. The number of hydrogen-bond acceptors (Lipinski definition) is 2. The second-order valence-electron chi connectivity index (χ2n) is 2.92. The van der Waals surface area contributed by atoms with E-state index in [9.17, 15) is 0 Å². The molecule has 0 aromatic heterocycles. The lowest BCUT2D eigenvalue weighted by Gasteiger charge is -2.11. The lowest BCUT2D eigenvalue weighted by atomic mass is 10.2. The summed E-state index contributed by atoms with van der Waals surface area (Å²) in [5.74, 6) is 1.34. The van der Waals surface area contributed by atoms with Gasteiger partial charge >= 0.3 is 0 Å². The Bertz CT molecular complexity index is 315. The fraction of sp³-hybridized carbons (Fsp3) is 0.400. The Balaban J connectivity index is 2.95. The van der Waals surface area contributed by atoms with Gasteiger partial charge in [-0.15, -0.1) is 11.6 Å². The number of benzene rings is 1. The highest BCUT2D eigenvalue weighted by Gasteiger charge is 2.05. The number of halogens is 2. The molecule has 0 aliphatic rings. The van der Waals surface area contributed by atoms with Crippen LogP contribution in [0.1, 0.15) is 5.56 Å². The van der Waals surface area contributed by atoms with Crippen LogP contribution in [0.15, 0.2) is 12.1 Å². The van der Waals surface area contributed by atoms with Crippen molar-refractivity contribution >= 4 is 28.9 Å². The molecule has 78 valence electrons. The van der Waals surface area contributed by atoms with Gasteiger partial charge < -0.3 is 10.1 Å². The van der Waals surface area contributed by atoms with Crippen LogP contribution < -0.4 is 10.1 Å². The predicted octanol–water partition coefficient (Wildman–Crippen LogP) is 3.31.